The van der Waals surface area contributed by atoms with E-state index in [-0.39, 0.29) is 18.5 Å². The van der Waals surface area contributed by atoms with Gasteiger partial charge in [0.1, 0.15) is 0 Å². The molecule has 1 amide bonds. The summed E-state index contributed by atoms with van der Waals surface area (Å²) in [6.45, 7) is 1.06. The summed E-state index contributed by atoms with van der Waals surface area (Å²) < 4.78 is 0. The minimum atomic E-state index is -0.742. The number of carboxylic acids is 1. The third-order valence-electron chi connectivity index (χ3n) is 5.53. The molecule has 3 aliphatic carbocycles. The van der Waals surface area contributed by atoms with Crippen LogP contribution in [0.5, 0.6) is 0 Å². The SMILES string of the molecule is O=C(O)CN(CC1CC1)C1CC(NC(=O)CCC2CCC2)C1. The topological polar surface area (TPSA) is 69.6 Å². The summed E-state index contributed by atoms with van der Waals surface area (Å²) in [5.74, 6) is 0.927. The van der Waals surface area contributed by atoms with Crippen LogP contribution in [0.15, 0.2) is 0 Å². The smallest absolute Gasteiger partial charge is 0.317 e. The molecule has 0 aliphatic heterocycles. The lowest BCUT2D eigenvalue weighted by molar-refractivity contribution is -0.140. The van der Waals surface area contributed by atoms with Gasteiger partial charge in [-0.2, -0.15) is 0 Å². The van der Waals surface area contributed by atoms with Crippen molar-refractivity contribution in [3.63, 3.8) is 0 Å². The molecule has 3 rings (SSSR count). The summed E-state index contributed by atoms with van der Waals surface area (Å²) in [6, 6.07) is 0.600. The molecule has 0 aromatic carbocycles. The standard InChI is InChI=1S/C17H28N2O3/c20-16(7-6-12-2-1-3-12)18-14-8-15(9-14)19(11-17(21)22)10-13-4-5-13/h12-15H,1-11H2,(H,18,20)(H,21,22). The first-order valence-corrected chi connectivity index (χ1v) is 8.85. The van der Waals surface area contributed by atoms with Gasteiger partial charge in [0.05, 0.1) is 6.54 Å². The highest BCUT2D eigenvalue weighted by Crippen LogP contribution is 2.34. The van der Waals surface area contributed by atoms with Gasteiger partial charge in [0.15, 0.2) is 0 Å². The van der Waals surface area contributed by atoms with Gasteiger partial charge in [0.25, 0.3) is 0 Å². The van der Waals surface area contributed by atoms with Crippen molar-refractivity contribution in [2.75, 3.05) is 13.1 Å². The van der Waals surface area contributed by atoms with Crippen LogP contribution < -0.4 is 5.32 Å². The largest absolute Gasteiger partial charge is 0.480 e. The van der Waals surface area contributed by atoms with E-state index in [0.717, 1.165) is 31.7 Å². The lowest BCUT2D eigenvalue weighted by Gasteiger charge is -2.42. The van der Waals surface area contributed by atoms with Crippen molar-refractivity contribution in [3.05, 3.63) is 0 Å². The van der Waals surface area contributed by atoms with Crippen LogP contribution in [0.1, 0.15) is 57.8 Å². The minimum absolute atomic E-state index is 0.142. The number of carbonyl (C=O) groups excluding carboxylic acids is 1. The van der Waals surface area contributed by atoms with Gasteiger partial charge in [-0.3, -0.25) is 14.5 Å². The molecule has 0 radical (unpaired) electrons. The Morgan fingerprint density at radius 2 is 1.82 bits per heavy atom. The third-order valence-corrected chi connectivity index (χ3v) is 5.53. The fourth-order valence-electron chi connectivity index (χ4n) is 3.57. The van der Waals surface area contributed by atoms with E-state index in [9.17, 15) is 9.59 Å². The zero-order valence-electron chi connectivity index (χ0n) is 13.3. The monoisotopic (exact) mass is 308 g/mol. The number of nitrogens with one attached hydrogen (secondary N) is 1. The Morgan fingerprint density at radius 3 is 2.36 bits per heavy atom. The molecule has 0 spiro atoms. The predicted octanol–water partition coefficient (Wildman–Crippen LogP) is 2.01. The van der Waals surface area contributed by atoms with Crippen molar-refractivity contribution in [1.29, 1.82) is 0 Å². The number of aliphatic carboxylic acids is 1. The number of hydrogen-bond acceptors (Lipinski definition) is 3. The van der Waals surface area contributed by atoms with E-state index in [2.05, 4.69) is 10.2 Å². The maximum Gasteiger partial charge on any atom is 0.317 e. The van der Waals surface area contributed by atoms with Crippen molar-refractivity contribution in [1.82, 2.24) is 10.2 Å². The summed E-state index contributed by atoms with van der Waals surface area (Å²) in [5.41, 5.74) is 0. The Hall–Kier alpha value is -1.10. The highest BCUT2D eigenvalue weighted by Gasteiger charge is 2.37. The normalized spacial score (nSPS) is 28.0. The van der Waals surface area contributed by atoms with Crippen LogP contribution in [-0.2, 0) is 9.59 Å². The molecule has 3 aliphatic rings. The second-order valence-corrected chi connectivity index (χ2v) is 7.49. The first-order chi connectivity index (χ1) is 10.6. The second-order valence-electron chi connectivity index (χ2n) is 7.49. The molecule has 0 atom stereocenters. The molecule has 124 valence electrons. The molecule has 0 aromatic rings. The van der Waals surface area contributed by atoms with E-state index in [1.54, 1.807) is 0 Å². The Bertz CT molecular complexity index is 412. The molecular formula is C17H28N2O3. The van der Waals surface area contributed by atoms with Gasteiger partial charge in [0, 0.05) is 25.0 Å². The van der Waals surface area contributed by atoms with Crippen molar-refractivity contribution < 1.29 is 14.7 Å². The van der Waals surface area contributed by atoms with Gasteiger partial charge in [-0.25, -0.2) is 0 Å². The van der Waals surface area contributed by atoms with Crippen LogP contribution in [0.4, 0.5) is 0 Å². The molecule has 2 N–H and O–H groups in total. The van der Waals surface area contributed by atoms with Crippen molar-refractivity contribution >= 4 is 11.9 Å². The van der Waals surface area contributed by atoms with Crippen LogP contribution in [0.2, 0.25) is 0 Å². The summed E-state index contributed by atoms with van der Waals surface area (Å²) in [4.78, 5) is 25.0. The van der Waals surface area contributed by atoms with E-state index >= 15 is 0 Å². The van der Waals surface area contributed by atoms with Crippen LogP contribution in [0.25, 0.3) is 0 Å². The molecule has 3 saturated carbocycles. The minimum Gasteiger partial charge on any atom is -0.480 e. The average molecular weight is 308 g/mol. The first kappa shape index (κ1) is 15.8. The molecule has 0 bridgehead atoms. The third kappa shape index (κ3) is 4.45. The van der Waals surface area contributed by atoms with Gasteiger partial charge in [-0.1, -0.05) is 19.3 Å². The van der Waals surface area contributed by atoms with E-state index in [1.165, 1.54) is 32.1 Å². The van der Waals surface area contributed by atoms with Gasteiger partial charge in [-0.05, 0) is 43.9 Å². The first-order valence-electron chi connectivity index (χ1n) is 8.85. The maximum absolute atomic E-state index is 11.9. The fraction of sp³-hybridized carbons (Fsp3) is 0.882. The molecule has 0 heterocycles. The number of carbonyl (C=O) groups is 2. The molecule has 5 heteroatoms. The molecule has 0 unspecified atom stereocenters. The number of nitrogens with zero attached hydrogens (tertiary/aromatic N) is 1. The lowest BCUT2D eigenvalue weighted by Crippen LogP contribution is -2.55. The Kier molecular flexibility index (Phi) is 5.01. The van der Waals surface area contributed by atoms with E-state index in [1.807, 2.05) is 0 Å². The average Bonchev–Trinajstić information content (AvgIpc) is 3.14. The van der Waals surface area contributed by atoms with Crippen LogP contribution in [-0.4, -0.2) is 47.1 Å². The van der Waals surface area contributed by atoms with E-state index in [0.29, 0.717) is 18.4 Å². The van der Waals surface area contributed by atoms with Crippen molar-refractivity contribution in [2.24, 2.45) is 11.8 Å². The highest BCUT2D eigenvalue weighted by molar-refractivity contribution is 5.76. The molecule has 0 aromatic heterocycles. The van der Waals surface area contributed by atoms with Crippen molar-refractivity contribution in [2.45, 2.75) is 69.9 Å². The Morgan fingerprint density at radius 1 is 1.09 bits per heavy atom. The van der Waals surface area contributed by atoms with Crippen molar-refractivity contribution in [3.8, 4) is 0 Å². The molecule has 22 heavy (non-hydrogen) atoms. The van der Waals surface area contributed by atoms with Crippen LogP contribution in [0, 0.1) is 11.8 Å². The number of hydrogen-bond donors (Lipinski definition) is 2. The molecule has 0 saturated heterocycles. The van der Waals surface area contributed by atoms with E-state index in [4.69, 9.17) is 5.11 Å². The number of rotatable bonds is 9. The second kappa shape index (κ2) is 6.99. The summed E-state index contributed by atoms with van der Waals surface area (Å²) in [5, 5.41) is 12.2. The lowest BCUT2D eigenvalue weighted by atomic mass is 9.81. The predicted molar refractivity (Wildman–Crippen MR) is 83.5 cm³/mol. The summed E-state index contributed by atoms with van der Waals surface area (Å²) in [7, 11) is 0. The number of carboxylic acid groups (broad SMARTS) is 1. The van der Waals surface area contributed by atoms with Gasteiger partial charge in [0.2, 0.25) is 5.91 Å². The van der Waals surface area contributed by atoms with Gasteiger partial charge in [-0.15, -0.1) is 0 Å². The van der Waals surface area contributed by atoms with Crippen LogP contribution >= 0.6 is 0 Å². The van der Waals surface area contributed by atoms with Gasteiger partial charge < -0.3 is 10.4 Å². The molecule has 3 fully saturated rings. The van der Waals surface area contributed by atoms with Crippen LogP contribution in [0.3, 0.4) is 0 Å². The highest BCUT2D eigenvalue weighted by atomic mass is 16.4. The Balaban J connectivity index is 1.34. The van der Waals surface area contributed by atoms with E-state index < -0.39 is 5.97 Å². The summed E-state index contributed by atoms with van der Waals surface area (Å²) >= 11 is 0. The fourth-order valence-corrected chi connectivity index (χ4v) is 3.57. The maximum atomic E-state index is 11.9. The molecule has 5 nitrogen and oxygen atoms in total. The Labute approximate surface area is 132 Å². The van der Waals surface area contributed by atoms with Gasteiger partial charge >= 0.3 is 5.97 Å². The zero-order valence-corrected chi connectivity index (χ0v) is 13.3. The number of amides is 1. The summed E-state index contributed by atoms with van der Waals surface area (Å²) in [6.07, 6.45) is 9.92. The zero-order chi connectivity index (χ0) is 15.5. The molecular weight excluding hydrogens is 280 g/mol. The quantitative estimate of drug-likeness (QED) is 0.683.